The van der Waals surface area contributed by atoms with Crippen molar-refractivity contribution in [3.63, 3.8) is 0 Å². The number of H-pyrrole nitrogens is 1. The van der Waals surface area contributed by atoms with E-state index in [1.807, 2.05) is 49.5 Å². The molecule has 0 atom stereocenters. The number of imidazole rings is 1. The predicted molar refractivity (Wildman–Crippen MR) is 124 cm³/mol. The van der Waals surface area contributed by atoms with Crippen molar-refractivity contribution in [2.75, 3.05) is 11.1 Å². The van der Waals surface area contributed by atoms with Crippen molar-refractivity contribution in [3.05, 3.63) is 89.1 Å². The van der Waals surface area contributed by atoms with Gasteiger partial charge in [-0.1, -0.05) is 12.1 Å². The minimum absolute atomic E-state index is 0.190. The fraction of sp³-hybridized carbons (Fsp3) is 0.0870. The van der Waals surface area contributed by atoms with Crippen LogP contribution in [0.3, 0.4) is 0 Å². The number of nitrogen functional groups attached to an aromatic ring is 1. The summed E-state index contributed by atoms with van der Waals surface area (Å²) >= 11 is 0. The van der Waals surface area contributed by atoms with Gasteiger partial charge < -0.3 is 20.6 Å². The van der Waals surface area contributed by atoms with Crippen LogP contribution in [0.5, 0.6) is 0 Å². The molecule has 0 aliphatic heterocycles. The number of aromatic nitrogens is 6. The van der Waals surface area contributed by atoms with E-state index in [4.69, 9.17) is 5.73 Å². The lowest BCUT2D eigenvalue weighted by Gasteiger charge is -2.12. The molecule has 0 radical (unpaired) electrons. The number of nitrogens with zero attached hydrogens (tertiary/aromatic N) is 5. The third kappa shape index (κ3) is 3.79. The number of hydrogen-bond acceptors (Lipinski definition) is 7. The van der Waals surface area contributed by atoms with Crippen LogP contribution in [-0.2, 0) is 6.54 Å². The Morgan fingerprint density at radius 2 is 1.88 bits per heavy atom. The highest BCUT2D eigenvalue weighted by Gasteiger charge is 2.12. The molecule has 0 amide bonds. The maximum absolute atomic E-state index is 12.6. The van der Waals surface area contributed by atoms with Crippen LogP contribution in [0.2, 0.25) is 0 Å². The Balaban J connectivity index is 1.51. The Bertz CT molecular complexity index is 1450. The van der Waals surface area contributed by atoms with Crippen molar-refractivity contribution in [3.8, 4) is 11.3 Å². The average Bonchev–Trinajstić information content (AvgIpc) is 3.20. The molecule has 0 fully saturated rings. The summed E-state index contributed by atoms with van der Waals surface area (Å²) in [6.07, 6.45) is 8.58. The zero-order valence-corrected chi connectivity index (χ0v) is 17.3. The van der Waals surface area contributed by atoms with Gasteiger partial charge in [-0.2, -0.15) is 0 Å². The van der Waals surface area contributed by atoms with E-state index in [1.165, 1.54) is 0 Å². The third-order valence-electron chi connectivity index (χ3n) is 5.22. The Hall–Kier alpha value is -4.53. The molecule has 0 unspecified atom stereocenters. The summed E-state index contributed by atoms with van der Waals surface area (Å²) in [6, 6.07) is 11.7. The van der Waals surface area contributed by atoms with Gasteiger partial charge in [0, 0.05) is 48.8 Å². The van der Waals surface area contributed by atoms with Crippen molar-refractivity contribution in [2.24, 2.45) is 0 Å². The quantitative estimate of drug-likeness (QED) is 0.395. The number of benzene rings is 1. The molecule has 9 nitrogen and oxygen atoms in total. The number of anilines is 3. The lowest BCUT2D eigenvalue weighted by molar-refractivity contribution is 0.762. The Morgan fingerprint density at radius 1 is 1.09 bits per heavy atom. The highest BCUT2D eigenvalue weighted by atomic mass is 16.1. The van der Waals surface area contributed by atoms with E-state index >= 15 is 0 Å². The van der Waals surface area contributed by atoms with Crippen molar-refractivity contribution in [1.29, 1.82) is 0 Å². The van der Waals surface area contributed by atoms with Crippen molar-refractivity contribution < 1.29 is 0 Å². The number of aromatic amines is 1. The van der Waals surface area contributed by atoms with Crippen LogP contribution < -0.4 is 16.6 Å². The van der Waals surface area contributed by atoms with Crippen LogP contribution >= 0.6 is 0 Å². The van der Waals surface area contributed by atoms with Crippen LogP contribution in [0.15, 0.2) is 72.2 Å². The van der Waals surface area contributed by atoms with E-state index in [2.05, 4.69) is 34.8 Å². The first-order valence-corrected chi connectivity index (χ1v) is 10.0. The molecular weight excluding hydrogens is 404 g/mol. The molecule has 0 bridgehead atoms. The molecule has 0 saturated heterocycles. The topological polar surface area (TPSA) is 127 Å². The zero-order chi connectivity index (χ0) is 22.1. The van der Waals surface area contributed by atoms with E-state index in [0.29, 0.717) is 22.5 Å². The molecule has 5 rings (SSSR count). The predicted octanol–water partition coefficient (Wildman–Crippen LogP) is 3.26. The first kappa shape index (κ1) is 19.4. The lowest BCUT2D eigenvalue weighted by Crippen LogP contribution is -2.09. The van der Waals surface area contributed by atoms with Gasteiger partial charge in [0.15, 0.2) is 0 Å². The number of pyridine rings is 2. The largest absolute Gasteiger partial charge is 0.368 e. The third-order valence-corrected chi connectivity index (χ3v) is 5.22. The highest BCUT2D eigenvalue weighted by Crippen LogP contribution is 2.27. The number of nitrogens with one attached hydrogen (secondary N) is 2. The van der Waals surface area contributed by atoms with Crippen LogP contribution in [0, 0.1) is 6.92 Å². The summed E-state index contributed by atoms with van der Waals surface area (Å²) in [5.41, 5.74) is 8.69. The highest BCUT2D eigenvalue weighted by molar-refractivity contribution is 5.95. The number of nitrogens with two attached hydrogens (primary N) is 1. The lowest BCUT2D eigenvalue weighted by atomic mass is 10.1. The van der Waals surface area contributed by atoms with E-state index in [1.54, 1.807) is 24.8 Å². The fourth-order valence-electron chi connectivity index (χ4n) is 3.52. The van der Waals surface area contributed by atoms with Crippen LogP contribution in [0.4, 0.5) is 17.5 Å². The van der Waals surface area contributed by atoms with Gasteiger partial charge >= 0.3 is 0 Å². The summed E-state index contributed by atoms with van der Waals surface area (Å²) in [7, 11) is 0. The number of rotatable bonds is 5. The fourth-order valence-corrected chi connectivity index (χ4v) is 3.52. The molecule has 4 aromatic heterocycles. The molecule has 5 aromatic rings. The van der Waals surface area contributed by atoms with Gasteiger partial charge in [0.25, 0.3) is 5.56 Å². The Kier molecular flexibility index (Phi) is 4.83. The van der Waals surface area contributed by atoms with E-state index in [0.717, 1.165) is 29.0 Å². The standard InChI is InChI=1S/C23H20N8O/c1-14-25-8-9-31(14)13-15-2-4-18(5-3-15)29-21-20-16(6-7-26-22(20)32)10-19(30-21)17-11-27-23(24)28-12-17/h2-12H,13H2,1H3,(H,26,32)(H,29,30)(H2,24,27,28). The van der Waals surface area contributed by atoms with E-state index in [9.17, 15) is 4.79 Å². The number of aryl methyl sites for hydroxylation is 1. The molecule has 158 valence electrons. The summed E-state index contributed by atoms with van der Waals surface area (Å²) in [4.78, 5) is 32.3. The van der Waals surface area contributed by atoms with E-state index < -0.39 is 0 Å². The molecule has 0 aliphatic rings. The average molecular weight is 424 g/mol. The summed E-state index contributed by atoms with van der Waals surface area (Å²) in [5.74, 6) is 1.61. The molecule has 0 spiro atoms. The second-order valence-corrected chi connectivity index (χ2v) is 7.38. The number of hydrogen-bond donors (Lipinski definition) is 3. The SMILES string of the molecule is Cc1nccn1Cc1ccc(Nc2nc(-c3cnc(N)nc3)cc3cc[nH]c(=O)c23)cc1. The Labute approximate surface area is 183 Å². The molecule has 9 heteroatoms. The molecular formula is C23H20N8O. The molecule has 0 saturated carbocycles. The maximum Gasteiger partial charge on any atom is 0.259 e. The minimum Gasteiger partial charge on any atom is -0.368 e. The van der Waals surface area contributed by atoms with Crippen molar-refractivity contribution in [2.45, 2.75) is 13.5 Å². The molecule has 4 N–H and O–H groups in total. The van der Waals surface area contributed by atoms with Gasteiger partial charge in [0.2, 0.25) is 5.95 Å². The smallest absolute Gasteiger partial charge is 0.259 e. The zero-order valence-electron chi connectivity index (χ0n) is 17.3. The first-order valence-electron chi connectivity index (χ1n) is 10.0. The van der Waals surface area contributed by atoms with Gasteiger partial charge in [-0.05, 0) is 42.1 Å². The molecule has 0 aliphatic carbocycles. The second-order valence-electron chi connectivity index (χ2n) is 7.38. The van der Waals surface area contributed by atoms with Gasteiger partial charge in [-0.3, -0.25) is 4.79 Å². The van der Waals surface area contributed by atoms with Crippen LogP contribution in [-0.4, -0.2) is 29.5 Å². The normalized spacial score (nSPS) is 11.0. The Morgan fingerprint density at radius 3 is 2.59 bits per heavy atom. The van der Waals surface area contributed by atoms with Crippen molar-refractivity contribution in [1.82, 2.24) is 29.5 Å². The number of fused-ring (bicyclic) bond motifs is 1. The first-order chi connectivity index (χ1) is 15.6. The van der Waals surface area contributed by atoms with E-state index in [-0.39, 0.29) is 11.5 Å². The second kappa shape index (κ2) is 7.95. The summed E-state index contributed by atoms with van der Waals surface area (Å²) in [6.45, 7) is 2.71. The summed E-state index contributed by atoms with van der Waals surface area (Å²) in [5, 5.41) is 4.52. The monoisotopic (exact) mass is 424 g/mol. The van der Waals surface area contributed by atoms with Gasteiger partial charge in [-0.25, -0.2) is 19.9 Å². The van der Waals surface area contributed by atoms with Crippen molar-refractivity contribution >= 4 is 28.2 Å². The van der Waals surface area contributed by atoms with Crippen LogP contribution in [0.1, 0.15) is 11.4 Å². The van der Waals surface area contributed by atoms with Gasteiger partial charge in [0.1, 0.15) is 11.6 Å². The molecule has 1 aromatic carbocycles. The van der Waals surface area contributed by atoms with Crippen LogP contribution in [0.25, 0.3) is 22.0 Å². The molecule has 4 heterocycles. The van der Waals surface area contributed by atoms with Gasteiger partial charge in [-0.15, -0.1) is 0 Å². The maximum atomic E-state index is 12.6. The van der Waals surface area contributed by atoms with Gasteiger partial charge in [0.05, 0.1) is 11.1 Å². The summed E-state index contributed by atoms with van der Waals surface area (Å²) < 4.78 is 2.08. The minimum atomic E-state index is -0.218. The molecule has 32 heavy (non-hydrogen) atoms.